The smallest absolute Gasteiger partial charge is 0 e. The summed E-state index contributed by atoms with van der Waals surface area (Å²) in [6, 6.07) is 0.102. The summed E-state index contributed by atoms with van der Waals surface area (Å²) in [5.74, 6) is 0. The van der Waals surface area contributed by atoms with Gasteiger partial charge in [0.2, 0.25) is 0 Å². The zero-order chi connectivity index (χ0) is 31.3. The summed E-state index contributed by atoms with van der Waals surface area (Å²) >= 11 is 0. The fourth-order valence-corrected chi connectivity index (χ4v) is 7.27. The molecule has 13 nitrogen and oxygen atoms in total. The van der Waals surface area contributed by atoms with Crippen molar-refractivity contribution >= 4 is 30.6 Å². The molecule has 0 amide bonds. The molecular weight excluding hydrogens is 618 g/mol. The third-order valence-electron chi connectivity index (χ3n) is 6.01. The minimum atomic E-state index is -3.86. The zero-order valence-electron chi connectivity index (χ0n) is 25.3. The predicted molar refractivity (Wildman–Crippen MR) is 163 cm³/mol. The molecule has 0 saturated carbocycles. The maximum absolute atomic E-state index is 8.85. The Kier molecular flexibility index (Phi) is 33.8. The number of hydrogen-bond donors (Lipinski definition) is 9. The SMILES string of the molecule is CCN(CC)C(C)C[PH](O)(O)O.CCN(CC)C(C)C[PH](O)(O)O.CCN(CC)C(C)C[PH](O)(O)O.[CH-]=O.[Ni]. The van der Waals surface area contributed by atoms with Crippen molar-refractivity contribution in [1.82, 2.24) is 14.7 Å². The second kappa shape index (κ2) is 26.6. The number of hydrogen-bond acceptors (Lipinski definition) is 13. The van der Waals surface area contributed by atoms with E-state index in [2.05, 4.69) is 21.5 Å². The van der Waals surface area contributed by atoms with Crippen molar-refractivity contribution in [2.24, 2.45) is 0 Å². The van der Waals surface area contributed by atoms with E-state index in [0.29, 0.717) is 0 Å². The van der Waals surface area contributed by atoms with Crippen LogP contribution in [0.3, 0.4) is 0 Å². The number of carbonyl (C=O) groups excluding carboxylic acids is 1. The second-order valence-corrected chi connectivity index (χ2v) is 15.0. The van der Waals surface area contributed by atoms with E-state index in [4.69, 9.17) is 48.8 Å². The Morgan fingerprint density at radius 1 is 0.462 bits per heavy atom. The maximum atomic E-state index is 8.85. The zero-order valence-corrected chi connectivity index (χ0v) is 29.3. The van der Waals surface area contributed by atoms with Gasteiger partial charge in [-0.25, -0.2) is 0 Å². The van der Waals surface area contributed by atoms with E-state index in [0.717, 1.165) is 39.3 Å². The van der Waals surface area contributed by atoms with Crippen LogP contribution in [-0.2, 0) is 21.3 Å². The van der Waals surface area contributed by atoms with Gasteiger partial charge in [0.15, 0.2) is 0 Å². The molecule has 0 aromatic rings. The Bertz CT molecular complexity index is 462. The van der Waals surface area contributed by atoms with Crippen LogP contribution >= 0.6 is 23.8 Å². The van der Waals surface area contributed by atoms with Crippen LogP contribution < -0.4 is 0 Å². The largest absolute Gasteiger partial charge is 0.545 e. The van der Waals surface area contributed by atoms with Gasteiger partial charge in [-0.05, 0) is 0 Å². The predicted octanol–water partition coefficient (Wildman–Crippen LogP) is 0.289. The molecule has 250 valence electrons. The Balaban J connectivity index is -0.000000142. The summed E-state index contributed by atoms with van der Waals surface area (Å²) in [6.45, 7) is 26.1. The molecule has 0 saturated heterocycles. The average Bonchev–Trinajstić information content (AvgIpc) is 2.75. The van der Waals surface area contributed by atoms with Gasteiger partial charge >= 0.3 is 221 Å². The molecule has 0 spiro atoms. The van der Waals surface area contributed by atoms with Gasteiger partial charge < -0.3 is 4.79 Å². The van der Waals surface area contributed by atoms with Crippen molar-refractivity contribution in [3.05, 3.63) is 0 Å². The molecule has 0 fully saturated rings. The molecule has 0 aliphatic rings. The van der Waals surface area contributed by atoms with Crippen molar-refractivity contribution < 1.29 is 65.3 Å². The van der Waals surface area contributed by atoms with Crippen molar-refractivity contribution in [3.63, 3.8) is 0 Å². The summed E-state index contributed by atoms with van der Waals surface area (Å²) in [6.07, 6.45) is 0.276. The summed E-state index contributed by atoms with van der Waals surface area (Å²) in [7, 11) is -11.6. The summed E-state index contributed by atoms with van der Waals surface area (Å²) in [5.41, 5.74) is 0. The summed E-state index contributed by atoms with van der Waals surface area (Å²) in [5, 5.41) is 0. The van der Waals surface area contributed by atoms with Gasteiger partial charge in [-0.2, -0.15) is 0 Å². The number of nitrogens with zero attached hydrogens (tertiary/aromatic N) is 3. The standard InChI is InChI=1S/3C7H20NO3P.CHO.Ni/c3*1-4-8(5-2)7(3)6-12(9,10)11;1-2;/h3*7,9-12H,4-6H2,1-3H3;1H;/q;;;-1;. The Morgan fingerprint density at radius 2 is 0.590 bits per heavy atom. The average molecular weight is 679 g/mol. The second-order valence-electron chi connectivity index (χ2n) is 9.15. The summed E-state index contributed by atoms with van der Waals surface area (Å²) < 4.78 is 0. The fraction of sp³-hybridized carbons (Fsp3) is 0.955. The molecule has 0 rings (SSSR count). The molecule has 0 heterocycles. The van der Waals surface area contributed by atoms with Crippen molar-refractivity contribution in [2.45, 2.75) is 80.4 Å². The van der Waals surface area contributed by atoms with E-state index in [-0.39, 0.29) is 53.1 Å². The van der Waals surface area contributed by atoms with Crippen molar-refractivity contribution in [3.8, 4) is 0 Å². The third kappa shape index (κ3) is 33.3. The fourth-order valence-electron chi connectivity index (χ4n) is 4.12. The van der Waals surface area contributed by atoms with Crippen molar-refractivity contribution in [2.75, 3.05) is 57.8 Å². The minimum absolute atomic E-state index is 0. The van der Waals surface area contributed by atoms with Crippen LogP contribution in [0.15, 0.2) is 0 Å². The van der Waals surface area contributed by atoms with Gasteiger partial charge in [-0.3, -0.25) is 6.79 Å². The van der Waals surface area contributed by atoms with E-state index >= 15 is 0 Å². The molecular formula is C22H61N3NiO10P3-. The molecule has 0 radical (unpaired) electrons. The van der Waals surface area contributed by atoms with E-state index < -0.39 is 23.8 Å². The van der Waals surface area contributed by atoms with Crippen LogP contribution in [0.25, 0.3) is 0 Å². The topological polar surface area (TPSA) is 209 Å². The number of rotatable bonds is 15. The quantitative estimate of drug-likeness (QED) is 0.0494. The Labute approximate surface area is 248 Å². The van der Waals surface area contributed by atoms with Crippen LogP contribution in [0.5, 0.6) is 0 Å². The molecule has 17 heteroatoms. The first-order valence-electron chi connectivity index (χ1n) is 13.2. The summed E-state index contributed by atoms with van der Waals surface area (Å²) in [4.78, 5) is 93.6. The molecule has 39 heavy (non-hydrogen) atoms. The first-order valence-corrected chi connectivity index (χ1v) is 19.3. The van der Waals surface area contributed by atoms with Crippen LogP contribution in [0.1, 0.15) is 62.3 Å². The van der Waals surface area contributed by atoms with Crippen molar-refractivity contribution in [1.29, 1.82) is 0 Å². The molecule has 0 aliphatic heterocycles. The van der Waals surface area contributed by atoms with Gasteiger partial charge in [0.05, 0.1) is 0 Å². The molecule has 0 bridgehead atoms. The van der Waals surface area contributed by atoms with Gasteiger partial charge in [0.1, 0.15) is 0 Å². The molecule has 9 N–H and O–H groups in total. The van der Waals surface area contributed by atoms with Gasteiger partial charge in [0, 0.05) is 16.5 Å². The first-order chi connectivity index (χ1) is 17.2. The molecule has 3 atom stereocenters. The van der Waals surface area contributed by atoms with Crippen LogP contribution in [0.4, 0.5) is 0 Å². The molecule has 0 aromatic carbocycles. The van der Waals surface area contributed by atoms with Gasteiger partial charge in [-0.1, -0.05) is 0 Å². The van der Waals surface area contributed by atoms with Crippen LogP contribution in [0.2, 0.25) is 0 Å². The normalized spacial score (nSPS) is 15.4. The molecule has 0 aromatic heterocycles. The maximum Gasteiger partial charge on any atom is 0 e. The van der Waals surface area contributed by atoms with E-state index in [1.807, 2.05) is 62.3 Å². The van der Waals surface area contributed by atoms with Crippen LogP contribution in [0, 0.1) is 0 Å². The Hall–Kier alpha value is 0.974. The monoisotopic (exact) mass is 678 g/mol. The minimum Gasteiger partial charge on any atom is -0.545 e. The van der Waals surface area contributed by atoms with E-state index in [1.54, 1.807) is 0 Å². The van der Waals surface area contributed by atoms with E-state index in [1.165, 1.54) is 0 Å². The Morgan fingerprint density at radius 3 is 0.667 bits per heavy atom. The molecule has 3 unspecified atom stereocenters. The first kappa shape index (κ1) is 49.6. The molecule has 0 aliphatic carbocycles. The van der Waals surface area contributed by atoms with Gasteiger partial charge in [0.25, 0.3) is 0 Å². The van der Waals surface area contributed by atoms with E-state index in [9.17, 15) is 0 Å². The van der Waals surface area contributed by atoms with Crippen LogP contribution in [-0.4, -0.2) is 141 Å². The van der Waals surface area contributed by atoms with Gasteiger partial charge in [-0.15, -0.1) is 0 Å². The third-order valence-corrected chi connectivity index (χ3v) is 9.43.